The molecule has 4 nitrogen and oxygen atoms in total. The van der Waals surface area contributed by atoms with Crippen LogP contribution in [0.2, 0.25) is 0 Å². The van der Waals surface area contributed by atoms with Gasteiger partial charge in [0.15, 0.2) is 5.82 Å². The molecule has 0 radical (unpaired) electrons. The van der Waals surface area contributed by atoms with Crippen LogP contribution in [0.3, 0.4) is 0 Å². The van der Waals surface area contributed by atoms with E-state index >= 15 is 0 Å². The number of aromatic nitrogens is 2. The maximum Gasteiger partial charge on any atom is 0.352 e. The summed E-state index contributed by atoms with van der Waals surface area (Å²) in [5, 5.41) is 10.6. The maximum absolute atomic E-state index is 14.7. The van der Waals surface area contributed by atoms with Gasteiger partial charge < -0.3 is 9.67 Å². The highest BCUT2D eigenvalue weighted by atomic mass is 19.1. The number of carboxylic acids is 1. The Morgan fingerprint density at radius 1 is 1.36 bits per heavy atom. The first kappa shape index (κ1) is 17.9. The summed E-state index contributed by atoms with van der Waals surface area (Å²) >= 11 is 0. The Kier molecular flexibility index (Phi) is 5.11. The van der Waals surface area contributed by atoms with E-state index in [0.717, 1.165) is 55.2 Å². The average Bonchev–Trinajstić information content (AvgIpc) is 3.33. The van der Waals surface area contributed by atoms with Gasteiger partial charge in [-0.3, -0.25) is 4.98 Å². The summed E-state index contributed by atoms with van der Waals surface area (Å²) < 4.78 is 16.4. The van der Waals surface area contributed by atoms with E-state index in [1.54, 1.807) is 4.57 Å². The molecule has 1 aliphatic rings. The van der Waals surface area contributed by atoms with E-state index < -0.39 is 11.8 Å². The van der Waals surface area contributed by atoms with Crippen LogP contribution in [-0.2, 0) is 6.42 Å². The summed E-state index contributed by atoms with van der Waals surface area (Å²) in [7, 11) is 0. The largest absolute Gasteiger partial charge is 0.477 e. The second kappa shape index (κ2) is 7.14. The van der Waals surface area contributed by atoms with Crippen LogP contribution >= 0.6 is 0 Å². The quantitative estimate of drug-likeness (QED) is 0.646. The fraction of sp³-hybridized carbons (Fsp3) is 0.600. The fourth-order valence-corrected chi connectivity index (χ4v) is 3.74. The van der Waals surface area contributed by atoms with Crippen LogP contribution in [0.1, 0.15) is 93.0 Å². The average molecular weight is 346 g/mol. The van der Waals surface area contributed by atoms with Gasteiger partial charge in [-0.1, -0.05) is 40.0 Å². The zero-order valence-electron chi connectivity index (χ0n) is 15.3. The molecule has 3 rings (SSSR count). The van der Waals surface area contributed by atoms with Crippen LogP contribution < -0.4 is 0 Å². The van der Waals surface area contributed by atoms with Crippen molar-refractivity contribution < 1.29 is 14.3 Å². The van der Waals surface area contributed by atoms with Crippen LogP contribution in [0.4, 0.5) is 4.39 Å². The normalized spacial score (nSPS) is 14.6. The summed E-state index contributed by atoms with van der Waals surface area (Å²) in [6, 6.07) is 0.106. The van der Waals surface area contributed by atoms with Crippen LogP contribution in [-0.4, -0.2) is 20.6 Å². The Balaban J connectivity index is 2.23. The minimum atomic E-state index is -0.956. The van der Waals surface area contributed by atoms with Crippen molar-refractivity contribution in [1.29, 1.82) is 0 Å². The highest BCUT2D eigenvalue weighted by Crippen LogP contribution is 2.44. The first-order valence-corrected chi connectivity index (χ1v) is 9.41. The molecule has 1 N–H and O–H groups in total. The van der Waals surface area contributed by atoms with Crippen molar-refractivity contribution in [1.82, 2.24) is 9.55 Å². The van der Waals surface area contributed by atoms with Crippen LogP contribution in [0, 0.1) is 5.82 Å². The van der Waals surface area contributed by atoms with Crippen molar-refractivity contribution in [3.63, 3.8) is 0 Å². The van der Waals surface area contributed by atoms with Gasteiger partial charge in [0.1, 0.15) is 5.69 Å². The lowest BCUT2D eigenvalue weighted by molar-refractivity contribution is 0.0684. The molecule has 1 fully saturated rings. The topological polar surface area (TPSA) is 55.1 Å². The number of hydrogen-bond acceptors (Lipinski definition) is 2. The van der Waals surface area contributed by atoms with Crippen LogP contribution in [0.5, 0.6) is 0 Å². The van der Waals surface area contributed by atoms with Crippen LogP contribution in [0.25, 0.3) is 10.9 Å². The van der Waals surface area contributed by atoms with Crippen LogP contribution in [0.15, 0.2) is 6.20 Å². The lowest BCUT2D eigenvalue weighted by atomic mass is 9.98. The lowest BCUT2D eigenvalue weighted by Gasteiger charge is -2.10. The summed E-state index contributed by atoms with van der Waals surface area (Å²) in [6.45, 7) is 6.20. The zero-order chi connectivity index (χ0) is 18.1. The summed E-state index contributed by atoms with van der Waals surface area (Å²) in [5.74, 6) is -1.24. The van der Waals surface area contributed by atoms with Crippen molar-refractivity contribution >= 4 is 16.9 Å². The molecule has 1 saturated carbocycles. The van der Waals surface area contributed by atoms with E-state index in [0.29, 0.717) is 11.9 Å². The van der Waals surface area contributed by atoms with Gasteiger partial charge in [-0.05, 0) is 37.2 Å². The standard InChI is InChI=1S/C20H27FN2O2/c1-4-5-6-7-8-14-16-17(12(2)3)22-11-15(21)19(16)23(13-9-10-13)18(14)20(24)25/h11-13H,4-10H2,1-3H3,(H,24,25). The number of pyridine rings is 1. The number of carboxylic acid groups (broad SMARTS) is 1. The molecule has 0 unspecified atom stereocenters. The first-order chi connectivity index (χ1) is 12.0. The molecule has 0 aromatic carbocycles. The van der Waals surface area contributed by atoms with Gasteiger partial charge in [0, 0.05) is 11.4 Å². The van der Waals surface area contributed by atoms with E-state index in [1.807, 2.05) is 13.8 Å². The molecule has 1 aliphatic carbocycles. The number of rotatable bonds is 8. The molecule has 25 heavy (non-hydrogen) atoms. The molecule has 2 aromatic heterocycles. The molecular weight excluding hydrogens is 319 g/mol. The number of halogens is 1. The Hall–Kier alpha value is -1.91. The predicted octanol–water partition coefficient (Wildman–Crippen LogP) is 5.45. The van der Waals surface area contributed by atoms with Gasteiger partial charge >= 0.3 is 5.97 Å². The molecule has 2 aromatic rings. The van der Waals surface area contributed by atoms with E-state index in [9.17, 15) is 14.3 Å². The van der Waals surface area contributed by atoms with Crippen molar-refractivity contribution in [2.24, 2.45) is 0 Å². The minimum Gasteiger partial charge on any atom is -0.477 e. The van der Waals surface area contributed by atoms with E-state index in [4.69, 9.17) is 0 Å². The molecule has 5 heteroatoms. The monoisotopic (exact) mass is 346 g/mol. The molecule has 136 valence electrons. The zero-order valence-corrected chi connectivity index (χ0v) is 15.3. The second-order valence-corrected chi connectivity index (χ2v) is 7.41. The Morgan fingerprint density at radius 3 is 2.64 bits per heavy atom. The molecule has 0 atom stereocenters. The number of hydrogen-bond donors (Lipinski definition) is 1. The van der Waals surface area contributed by atoms with Crippen molar-refractivity contribution in [3.8, 4) is 0 Å². The summed E-state index contributed by atoms with van der Waals surface area (Å²) in [5.41, 5.74) is 2.32. The highest BCUT2D eigenvalue weighted by molar-refractivity contribution is 5.99. The number of aromatic carboxylic acids is 1. The van der Waals surface area contributed by atoms with Gasteiger partial charge in [0.2, 0.25) is 0 Å². The molecule has 0 amide bonds. The van der Waals surface area contributed by atoms with Gasteiger partial charge in [-0.25, -0.2) is 9.18 Å². The second-order valence-electron chi connectivity index (χ2n) is 7.41. The Bertz CT molecular complexity index is 791. The van der Waals surface area contributed by atoms with Crippen molar-refractivity contribution in [3.05, 3.63) is 29.0 Å². The molecule has 0 aliphatic heterocycles. The smallest absolute Gasteiger partial charge is 0.352 e. The van der Waals surface area contributed by atoms with Crippen molar-refractivity contribution in [2.45, 2.75) is 77.7 Å². The predicted molar refractivity (Wildman–Crippen MR) is 96.9 cm³/mol. The number of carbonyl (C=O) groups is 1. The molecule has 0 spiro atoms. The van der Waals surface area contributed by atoms with Gasteiger partial charge in [0.05, 0.1) is 17.4 Å². The molecule has 2 heterocycles. The maximum atomic E-state index is 14.7. The summed E-state index contributed by atoms with van der Waals surface area (Å²) in [6.07, 6.45) is 8.00. The van der Waals surface area contributed by atoms with Gasteiger partial charge in [0.25, 0.3) is 0 Å². The van der Waals surface area contributed by atoms with E-state index in [1.165, 1.54) is 6.20 Å². The fourth-order valence-electron chi connectivity index (χ4n) is 3.74. The Labute approximate surface area is 148 Å². The first-order valence-electron chi connectivity index (χ1n) is 9.41. The van der Waals surface area contributed by atoms with E-state index in [-0.39, 0.29) is 17.7 Å². The molecule has 0 saturated heterocycles. The van der Waals surface area contributed by atoms with Gasteiger partial charge in [-0.15, -0.1) is 0 Å². The number of nitrogens with zero attached hydrogens (tertiary/aromatic N) is 2. The van der Waals surface area contributed by atoms with Gasteiger partial charge in [-0.2, -0.15) is 0 Å². The number of unbranched alkanes of at least 4 members (excludes halogenated alkanes) is 3. The van der Waals surface area contributed by atoms with E-state index in [2.05, 4.69) is 11.9 Å². The third-order valence-electron chi connectivity index (χ3n) is 5.05. The lowest BCUT2D eigenvalue weighted by Crippen LogP contribution is -2.10. The minimum absolute atomic E-state index is 0.106. The Morgan fingerprint density at radius 2 is 2.08 bits per heavy atom. The molecule has 0 bridgehead atoms. The third kappa shape index (κ3) is 3.29. The SMILES string of the molecule is CCCCCCc1c(C(=O)O)n(C2CC2)c2c(F)cnc(C(C)C)c12. The highest BCUT2D eigenvalue weighted by Gasteiger charge is 2.35. The van der Waals surface area contributed by atoms with Crippen molar-refractivity contribution in [2.75, 3.05) is 0 Å². The third-order valence-corrected chi connectivity index (χ3v) is 5.05. The number of fused-ring (bicyclic) bond motifs is 1. The number of aryl methyl sites for hydroxylation is 1. The molecular formula is C20H27FN2O2. The summed E-state index contributed by atoms with van der Waals surface area (Å²) in [4.78, 5) is 16.4.